The first-order valence-corrected chi connectivity index (χ1v) is 12.1. The van der Waals surface area contributed by atoms with Crippen molar-refractivity contribution in [1.29, 1.82) is 0 Å². The summed E-state index contributed by atoms with van der Waals surface area (Å²) in [7, 11) is 0. The highest BCUT2D eigenvalue weighted by molar-refractivity contribution is 8.18. The molecule has 0 spiro atoms. The Bertz CT molecular complexity index is 1440. The zero-order chi connectivity index (χ0) is 26.5. The number of anilines is 1. The lowest BCUT2D eigenvalue weighted by atomic mass is 10.1. The maximum Gasteiger partial charge on any atom is 0.293 e. The Kier molecular flexibility index (Phi) is 7.69. The molecule has 0 radical (unpaired) electrons. The molecular formula is C27H23N3O6S. The molecule has 1 fully saturated rings. The van der Waals surface area contributed by atoms with Crippen LogP contribution in [-0.4, -0.2) is 33.5 Å². The lowest BCUT2D eigenvalue weighted by Crippen LogP contribution is -2.27. The van der Waals surface area contributed by atoms with Crippen molar-refractivity contribution in [2.75, 3.05) is 11.9 Å². The average molecular weight is 518 g/mol. The molecule has 1 heterocycles. The molecule has 3 aromatic carbocycles. The second-order valence-electron chi connectivity index (χ2n) is 8.33. The van der Waals surface area contributed by atoms with Crippen LogP contribution in [0.15, 0.2) is 71.6 Å². The molecular weight excluding hydrogens is 494 g/mol. The van der Waals surface area contributed by atoms with Gasteiger partial charge in [-0.15, -0.1) is 0 Å². The van der Waals surface area contributed by atoms with Gasteiger partial charge in [0.05, 0.1) is 16.4 Å². The van der Waals surface area contributed by atoms with Crippen molar-refractivity contribution >= 4 is 46.3 Å². The van der Waals surface area contributed by atoms with Gasteiger partial charge in [-0.2, -0.15) is 0 Å². The standard InChI is InChI=1S/C27H23N3O6S/c1-17-11-12-21(13-18(17)2)28-25(31)16-36-23-10-6-4-7-19(23)14-24-26(32)29(27(33)37-24)15-20-8-3-5-9-22(20)30(34)35/h3-14H,15-16H2,1-2H3,(H,28,31)/b24-14-. The molecule has 37 heavy (non-hydrogen) atoms. The molecule has 0 saturated carbocycles. The SMILES string of the molecule is Cc1ccc(NC(=O)COc2ccccc2/C=C2\SC(=O)N(Cc3ccccc3[N+](=O)[O-])C2=O)cc1C. The predicted molar refractivity (Wildman–Crippen MR) is 141 cm³/mol. The first kappa shape index (κ1) is 25.6. The Morgan fingerprint density at radius 3 is 2.54 bits per heavy atom. The van der Waals surface area contributed by atoms with Crippen LogP contribution in [0.5, 0.6) is 5.75 Å². The van der Waals surface area contributed by atoms with E-state index in [1.54, 1.807) is 30.3 Å². The van der Waals surface area contributed by atoms with Crippen molar-refractivity contribution in [3.05, 3.63) is 104 Å². The predicted octanol–water partition coefficient (Wildman–Crippen LogP) is 5.47. The number of amides is 3. The molecule has 3 aromatic rings. The van der Waals surface area contributed by atoms with Crippen LogP contribution >= 0.6 is 11.8 Å². The summed E-state index contributed by atoms with van der Waals surface area (Å²) in [6.07, 6.45) is 1.51. The minimum atomic E-state index is -0.560. The van der Waals surface area contributed by atoms with Crippen LogP contribution in [0.25, 0.3) is 6.08 Å². The van der Waals surface area contributed by atoms with Gasteiger partial charge in [0.1, 0.15) is 5.75 Å². The fourth-order valence-corrected chi connectivity index (χ4v) is 4.49. The smallest absolute Gasteiger partial charge is 0.293 e. The topological polar surface area (TPSA) is 119 Å². The Morgan fingerprint density at radius 2 is 1.78 bits per heavy atom. The lowest BCUT2D eigenvalue weighted by Gasteiger charge is -2.12. The third-order valence-corrected chi connectivity index (χ3v) is 6.65. The number of benzene rings is 3. The van der Waals surface area contributed by atoms with Crippen molar-refractivity contribution in [2.24, 2.45) is 0 Å². The molecule has 0 bridgehead atoms. The van der Waals surface area contributed by atoms with Gasteiger partial charge in [-0.25, -0.2) is 0 Å². The number of carbonyl (C=O) groups is 3. The third-order valence-electron chi connectivity index (χ3n) is 5.75. The summed E-state index contributed by atoms with van der Waals surface area (Å²) in [4.78, 5) is 49.8. The van der Waals surface area contributed by atoms with E-state index in [1.807, 2.05) is 32.0 Å². The Hall–Kier alpha value is -4.44. The second-order valence-corrected chi connectivity index (χ2v) is 9.32. The van der Waals surface area contributed by atoms with E-state index in [4.69, 9.17) is 4.74 Å². The van der Waals surface area contributed by atoms with E-state index in [0.717, 1.165) is 27.8 Å². The highest BCUT2D eigenvalue weighted by Crippen LogP contribution is 2.35. The number of carbonyl (C=O) groups excluding carboxylic acids is 3. The minimum Gasteiger partial charge on any atom is -0.483 e. The summed E-state index contributed by atoms with van der Waals surface area (Å²) >= 11 is 0.741. The number of imide groups is 1. The summed E-state index contributed by atoms with van der Waals surface area (Å²) in [6.45, 7) is 3.48. The molecule has 1 aliphatic heterocycles. The van der Waals surface area contributed by atoms with Crippen molar-refractivity contribution in [3.8, 4) is 5.75 Å². The monoisotopic (exact) mass is 517 g/mol. The Morgan fingerprint density at radius 1 is 1.05 bits per heavy atom. The van der Waals surface area contributed by atoms with Crippen LogP contribution in [0.4, 0.5) is 16.2 Å². The van der Waals surface area contributed by atoms with Crippen LogP contribution in [0.2, 0.25) is 0 Å². The second kappa shape index (κ2) is 11.1. The lowest BCUT2D eigenvalue weighted by molar-refractivity contribution is -0.385. The number of aryl methyl sites for hydroxylation is 2. The van der Waals surface area contributed by atoms with Gasteiger partial charge < -0.3 is 10.1 Å². The van der Waals surface area contributed by atoms with E-state index < -0.39 is 16.1 Å². The Balaban J connectivity index is 1.46. The number of hydrogen-bond donors (Lipinski definition) is 1. The van der Waals surface area contributed by atoms with E-state index in [2.05, 4.69) is 5.32 Å². The van der Waals surface area contributed by atoms with Gasteiger partial charge >= 0.3 is 0 Å². The van der Waals surface area contributed by atoms with E-state index >= 15 is 0 Å². The third kappa shape index (κ3) is 6.04. The number of nitrogens with one attached hydrogen (secondary N) is 1. The molecule has 1 N–H and O–H groups in total. The number of nitro benzene ring substituents is 1. The van der Waals surface area contributed by atoms with Crippen LogP contribution in [0.3, 0.4) is 0 Å². The largest absolute Gasteiger partial charge is 0.483 e. The van der Waals surface area contributed by atoms with E-state index in [-0.39, 0.29) is 35.2 Å². The molecule has 0 atom stereocenters. The highest BCUT2D eigenvalue weighted by Gasteiger charge is 2.36. The number of thioether (sulfide) groups is 1. The van der Waals surface area contributed by atoms with Crippen LogP contribution in [0.1, 0.15) is 22.3 Å². The number of hydrogen-bond acceptors (Lipinski definition) is 7. The van der Waals surface area contributed by atoms with Gasteiger partial charge in [-0.05, 0) is 61.0 Å². The Labute approximate surface area is 217 Å². The summed E-state index contributed by atoms with van der Waals surface area (Å²) in [5, 5.41) is 13.6. The summed E-state index contributed by atoms with van der Waals surface area (Å²) in [5.74, 6) is -0.540. The molecule has 0 aliphatic carbocycles. The normalized spacial score (nSPS) is 14.2. The van der Waals surface area contributed by atoms with Gasteiger partial charge in [0, 0.05) is 22.9 Å². The van der Waals surface area contributed by atoms with Gasteiger partial charge in [-0.1, -0.05) is 42.5 Å². The molecule has 188 valence electrons. The number of nitrogens with zero attached hydrogens (tertiary/aromatic N) is 2. The van der Waals surface area contributed by atoms with Gasteiger partial charge in [0.2, 0.25) is 0 Å². The number of ether oxygens (including phenoxy) is 1. The molecule has 9 nitrogen and oxygen atoms in total. The fraction of sp³-hybridized carbons (Fsp3) is 0.148. The number of nitro groups is 1. The highest BCUT2D eigenvalue weighted by atomic mass is 32.2. The maximum atomic E-state index is 13.0. The fourth-order valence-electron chi connectivity index (χ4n) is 3.66. The molecule has 1 saturated heterocycles. The number of para-hydroxylation sites is 2. The zero-order valence-electron chi connectivity index (χ0n) is 20.1. The van der Waals surface area contributed by atoms with Crippen molar-refractivity contribution < 1.29 is 24.0 Å². The molecule has 10 heteroatoms. The molecule has 1 aliphatic rings. The van der Waals surface area contributed by atoms with Crippen molar-refractivity contribution in [1.82, 2.24) is 4.90 Å². The van der Waals surface area contributed by atoms with Crippen molar-refractivity contribution in [3.63, 3.8) is 0 Å². The number of rotatable bonds is 8. The van der Waals surface area contributed by atoms with Crippen LogP contribution in [-0.2, 0) is 16.1 Å². The maximum absolute atomic E-state index is 13.0. The minimum absolute atomic E-state index is 0.152. The first-order valence-electron chi connectivity index (χ1n) is 11.3. The van der Waals surface area contributed by atoms with Gasteiger partial charge in [-0.3, -0.25) is 29.4 Å². The summed E-state index contributed by atoms with van der Waals surface area (Å²) in [5.41, 5.74) is 3.45. The molecule has 0 aromatic heterocycles. The van der Waals surface area contributed by atoms with E-state index in [9.17, 15) is 24.5 Å². The molecule has 3 amide bonds. The quantitative estimate of drug-likeness (QED) is 0.239. The van der Waals surface area contributed by atoms with Gasteiger partial charge in [0.15, 0.2) is 6.61 Å². The van der Waals surface area contributed by atoms with Crippen LogP contribution < -0.4 is 10.1 Å². The average Bonchev–Trinajstić information content (AvgIpc) is 3.13. The molecule has 4 rings (SSSR count). The molecule has 0 unspecified atom stereocenters. The zero-order valence-corrected chi connectivity index (χ0v) is 20.9. The first-order chi connectivity index (χ1) is 17.7. The van der Waals surface area contributed by atoms with Crippen LogP contribution in [0, 0.1) is 24.0 Å². The van der Waals surface area contributed by atoms with Crippen molar-refractivity contribution in [2.45, 2.75) is 20.4 Å². The van der Waals surface area contributed by atoms with Gasteiger partial charge in [0.25, 0.3) is 22.7 Å². The van der Waals surface area contributed by atoms with E-state index in [1.165, 1.54) is 24.3 Å². The summed E-state index contributed by atoms with van der Waals surface area (Å²) in [6, 6.07) is 18.4. The summed E-state index contributed by atoms with van der Waals surface area (Å²) < 4.78 is 5.71. The van der Waals surface area contributed by atoms with E-state index in [0.29, 0.717) is 17.0 Å².